The van der Waals surface area contributed by atoms with Crippen molar-refractivity contribution in [2.24, 2.45) is 0 Å². The van der Waals surface area contributed by atoms with E-state index in [1.165, 1.54) is 29.6 Å². The van der Waals surface area contributed by atoms with Crippen LogP contribution in [0.1, 0.15) is 29.3 Å². The summed E-state index contributed by atoms with van der Waals surface area (Å²) in [7, 11) is -0.635. The van der Waals surface area contributed by atoms with E-state index in [2.05, 4.69) is 5.32 Å². The lowest BCUT2D eigenvalue weighted by atomic mass is 10.1. The number of benzene rings is 2. The largest absolute Gasteiger partial charge is 0.497 e. The van der Waals surface area contributed by atoms with Crippen molar-refractivity contribution in [3.05, 3.63) is 53.6 Å². The van der Waals surface area contributed by atoms with Crippen LogP contribution in [0.15, 0.2) is 47.4 Å². The number of carbonyl (C=O) groups is 1. The lowest BCUT2D eigenvalue weighted by molar-refractivity contribution is 0.0730. The SMILES string of the molecule is COc1ccc(CCC(C)NC(=O)c2cc(S(=O)(=O)N3CCOCC3)ccc2OC)cc1. The second kappa shape index (κ2) is 10.8. The van der Waals surface area contributed by atoms with Crippen molar-refractivity contribution < 1.29 is 27.4 Å². The Kier molecular flexibility index (Phi) is 8.11. The van der Waals surface area contributed by atoms with E-state index >= 15 is 0 Å². The van der Waals surface area contributed by atoms with Gasteiger partial charge < -0.3 is 19.5 Å². The summed E-state index contributed by atoms with van der Waals surface area (Å²) in [6, 6.07) is 12.1. The van der Waals surface area contributed by atoms with Gasteiger partial charge >= 0.3 is 0 Å². The molecule has 0 bridgehead atoms. The van der Waals surface area contributed by atoms with Gasteiger partial charge in [-0.05, 0) is 55.7 Å². The predicted molar refractivity (Wildman–Crippen MR) is 121 cm³/mol. The zero-order valence-corrected chi connectivity index (χ0v) is 19.5. The second-order valence-electron chi connectivity index (χ2n) is 7.64. The maximum absolute atomic E-state index is 13.0. The van der Waals surface area contributed by atoms with E-state index in [9.17, 15) is 13.2 Å². The minimum atomic E-state index is -3.72. The Morgan fingerprint density at radius 2 is 1.78 bits per heavy atom. The number of rotatable bonds is 9. The Morgan fingerprint density at radius 1 is 1.09 bits per heavy atom. The predicted octanol–water partition coefficient (Wildman–Crippen LogP) is 2.48. The van der Waals surface area contributed by atoms with Crippen LogP contribution >= 0.6 is 0 Å². The molecule has 1 unspecified atom stereocenters. The van der Waals surface area contributed by atoms with Gasteiger partial charge in [-0.1, -0.05) is 12.1 Å². The summed E-state index contributed by atoms with van der Waals surface area (Å²) in [5.41, 5.74) is 1.33. The second-order valence-corrected chi connectivity index (χ2v) is 9.58. The minimum Gasteiger partial charge on any atom is -0.497 e. The van der Waals surface area contributed by atoms with Crippen LogP contribution in [-0.4, -0.2) is 65.2 Å². The molecule has 1 aliphatic rings. The molecule has 1 saturated heterocycles. The number of morpholine rings is 1. The van der Waals surface area contributed by atoms with E-state index in [1.54, 1.807) is 7.11 Å². The first-order valence-electron chi connectivity index (χ1n) is 10.5. The van der Waals surface area contributed by atoms with Gasteiger partial charge in [0.25, 0.3) is 5.91 Å². The molecule has 8 nitrogen and oxygen atoms in total. The monoisotopic (exact) mass is 462 g/mol. The standard InChI is InChI=1S/C23H30N2O6S/c1-17(4-5-18-6-8-19(29-2)9-7-18)24-23(26)21-16-20(10-11-22(21)30-3)32(27,28)25-12-14-31-15-13-25/h6-11,16-17H,4-5,12-15H2,1-3H3,(H,24,26). The Morgan fingerprint density at radius 3 is 2.41 bits per heavy atom. The van der Waals surface area contributed by atoms with Crippen molar-refractivity contribution >= 4 is 15.9 Å². The molecule has 1 amide bonds. The molecular weight excluding hydrogens is 432 g/mol. The molecule has 174 valence electrons. The molecule has 32 heavy (non-hydrogen) atoms. The third-order valence-corrected chi connectivity index (χ3v) is 7.32. The van der Waals surface area contributed by atoms with Gasteiger partial charge in [0.05, 0.1) is 37.9 Å². The maximum Gasteiger partial charge on any atom is 0.255 e. The molecule has 0 spiro atoms. The van der Waals surface area contributed by atoms with E-state index < -0.39 is 10.0 Å². The molecule has 0 saturated carbocycles. The van der Waals surface area contributed by atoms with Gasteiger partial charge in [0.15, 0.2) is 0 Å². The van der Waals surface area contributed by atoms with E-state index in [-0.39, 0.29) is 35.5 Å². The molecule has 3 rings (SSSR count). The van der Waals surface area contributed by atoms with Gasteiger partial charge in [-0.3, -0.25) is 4.79 Å². The van der Waals surface area contributed by atoms with Crippen molar-refractivity contribution in [3.63, 3.8) is 0 Å². The molecule has 1 heterocycles. The van der Waals surface area contributed by atoms with Crippen LogP contribution in [0.25, 0.3) is 0 Å². The van der Waals surface area contributed by atoms with Crippen molar-refractivity contribution in [1.29, 1.82) is 0 Å². The lowest BCUT2D eigenvalue weighted by Gasteiger charge is -2.26. The Bertz CT molecular complexity index is 1020. The highest BCUT2D eigenvalue weighted by Gasteiger charge is 2.28. The first-order valence-corrected chi connectivity index (χ1v) is 12.0. The van der Waals surface area contributed by atoms with E-state index in [4.69, 9.17) is 14.2 Å². The summed E-state index contributed by atoms with van der Waals surface area (Å²) >= 11 is 0. The van der Waals surface area contributed by atoms with Gasteiger partial charge in [0.2, 0.25) is 10.0 Å². The number of nitrogens with one attached hydrogen (secondary N) is 1. The van der Waals surface area contributed by atoms with Gasteiger partial charge in [-0.25, -0.2) is 8.42 Å². The quantitative estimate of drug-likeness (QED) is 0.615. The summed E-state index contributed by atoms with van der Waals surface area (Å²) in [6.07, 6.45) is 1.51. The van der Waals surface area contributed by atoms with Gasteiger partial charge in [0.1, 0.15) is 11.5 Å². The highest BCUT2D eigenvalue weighted by atomic mass is 32.2. The first kappa shape index (κ1) is 24.0. The molecular formula is C23H30N2O6S. The van der Waals surface area contributed by atoms with E-state index in [0.29, 0.717) is 19.0 Å². The van der Waals surface area contributed by atoms with Crippen LogP contribution in [0.4, 0.5) is 0 Å². The number of carbonyl (C=O) groups excluding carboxylic acids is 1. The molecule has 1 aliphatic heterocycles. The van der Waals surface area contributed by atoms with Crippen molar-refractivity contribution in [3.8, 4) is 11.5 Å². The van der Waals surface area contributed by atoms with Crippen LogP contribution in [0.2, 0.25) is 0 Å². The number of nitrogens with zero attached hydrogens (tertiary/aromatic N) is 1. The van der Waals surface area contributed by atoms with Crippen molar-refractivity contribution in [2.45, 2.75) is 30.7 Å². The highest BCUT2D eigenvalue weighted by molar-refractivity contribution is 7.89. The van der Waals surface area contributed by atoms with Crippen LogP contribution < -0.4 is 14.8 Å². The minimum absolute atomic E-state index is 0.0660. The molecule has 2 aromatic rings. The fourth-order valence-corrected chi connectivity index (χ4v) is 4.94. The molecule has 1 fully saturated rings. The molecule has 0 radical (unpaired) electrons. The smallest absolute Gasteiger partial charge is 0.255 e. The third-order valence-electron chi connectivity index (χ3n) is 5.43. The fraction of sp³-hybridized carbons (Fsp3) is 0.435. The topological polar surface area (TPSA) is 94.2 Å². The summed E-state index contributed by atoms with van der Waals surface area (Å²) in [5.74, 6) is 0.753. The fourth-order valence-electron chi connectivity index (χ4n) is 3.51. The number of ether oxygens (including phenoxy) is 3. The van der Waals surface area contributed by atoms with Crippen LogP contribution in [0.3, 0.4) is 0 Å². The average molecular weight is 463 g/mol. The number of methoxy groups -OCH3 is 2. The van der Waals surface area contributed by atoms with Gasteiger partial charge in [-0.15, -0.1) is 0 Å². The number of hydrogen-bond acceptors (Lipinski definition) is 6. The summed E-state index contributed by atoms with van der Waals surface area (Å²) in [5, 5.41) is 2.95. The number of amides is 1. The van der Waals surface area contributed by atoms with E-state index in [1.807, 2.05) is 31.2 Å². The molecule has 9 heteroatoms. The highest BCUT2D eigenvalue weighted by Crippen LogP contribution is 2.25. The summed E-state index contributed by atoms with van der Waals surface area (Å²) < 4.78 is 43.1. The van der Waals surface area contributed by atoms with Crippen LogP contribution in [-0.2, 0) is 21.2 Å². The number of sulfonamides is 1. The Hall–Kier alpha value is -2.62. The maximum atomic E-state index is 13.0. The molecule has 2 aromatic carbocycles. The normalized spacial score (nSPS) is 15.7. The first-order chi connectivity index (χ1) is 15.3. The molecule has 0 aromatic heterocycles. The molecule has 0 aliphatic carbocycles. The number of hydrogen-bond donors (Lipinski definition) is 1. The van der Waals surface area contributed by atoms with Crippen molar-refractivity contribution in [1.82, 2.24) is 9.62 Å². The average Bonchev–Trinajstić information content (AvgIpc) is 2.83. The summed E-state index contributed by atoms with van der Waals surface area (Å²) in [4.78, 5) is 13.0. The van der Waals surface area contributed by atoms with Gasteiger partial charge in [-0.2, -0.15) is 4.31 Å². The van der Waals surface area contributed by atoms with Crippen LogP contribution in [0, 0.1) is 0 Å². The number of aryl methyl sites for hydroxylation is 1. The van der Waals surface area contributed by atoms with Gasteiger partial charge in [0, 0.05) is 19.1 Å². The van der Waals surface area contributed by atoms with E-state index in [0.717, 1.165) is 24.2 Å². The third kappa shape index (κ3) is 5.79. The zero-order valence-electron chi connectivity index (χ0n) is 18.7. The van der Waals surface area contributed by atoms with Crippen molar-refractivity contribution in [2.75, 3.05) is 40.5 Å². The Labute approximate surface area is 189 Å². The molecule has 1 N–H and O–H groups in total. The van der Waals surface area contributed by atoms with Crippen LogP contribution in [0.5, 0.6) is 11.5 Å². The lowest BCUT2D eigenvalue weighted by Crippen LogP contribution is -2.40. The molecule has 1 atom stereocenters. The summed E-state index contributed by atoms with van der Waals surface area (Å²) in [6.45, 7) is 3.21. The zero-order chi connectivity index (χ0) is 23.1. The Balaban J connectivity index is 1.69.